The van der Waals surface area contributed by atoms with E-state index in [0.717, 1.165) is 6.07 Å². The number of hydrogen-bond donors (Lipinski definition) is 0. The van der Waals surface area contributed by atoms with Crippen LogP contribution in [0.5, 0.6) is 0 Å². The van der Waals surface area contributed by atoms with Crippen molar-refractivity contribution in [1.82, 2.24) is 0 Å². The zero-order valence-electron chi connectivity index (χ0n) is 7.64. The number of halogens is 4. The first kappa shape index (κ1) is 12.6. The summed E-state index contributed by atoms with van der Waals surface area (Å²) in [5.41, 5.74) is 0.121. The maximum atomic E-state index is 12.3. The topological polar surface area (TPSA) is 17.1 Å². The van der Waals surface area contributed by atoms with E-state index in [1.807, 2.05) is 0 Å². The molecule has 0 fully saturated rings. The first-order valence-electron chi connectivity index (χ1n) is 4.23. The molecule has 0 aliphatic rings. The lowest BCUT2D eigenvalue weighted by Gasteiger charge is -2.05. The van der Waals surface area contributed by atoms with Gasteiger partial charge in [-0.3, -0.25) is 4.79 Å². The first-order chi connectivity index (χ1) is 7.06. The van der Waals surface area contributed by atoms with Crippen molar-refractivity contribution in [2.24, 2.45) is 0 Å². The molecule has 0 unspecified atom stereocenters. The summed E-state index contributed by atoms with van der Waals surface area (Å²) < 4.78 is 24.6. The Morgan fingerprint density at radius 1 is 1.47 bits per heavy atom. The minimum absolute atomic E-state index is 0.0822. The second-order valence-corrected chi connectivity index (χ2v) is 4.10. The molecule has 0 aromatic heterocycles. The van der Waals surface area contributed by atoms with Crippen molar-refractivity contribution in [3.8, 4) is 0 Å². The van der Waals surface area contributed by atoms with E-state index in [1.165, 1.54) is 12.1 Å². The fourth-order valence-corrected chi connectivity index (χ4v) is 1.77. The van der Waals surface area contributed by atoms with Crippen molar-refractivity contribution in [2.75, 3.05) is 5.33 Å². The molecular formula is C10H8BrClF2O. The highest BCUT2D eigenvalue weighted by molar-refractivity contribution is 9.09. The minimum Gasteiger partial charge on any atom is -0.294 e. The highest BCUT2D eigenvalue weighted by Crippen LogP contribution is 2.25. The summed E-state index contributed by atoms with van der Waals surface area (Å²) in [5, 5.41) is 0.609. The van der Waals surface area contributed by atoms with Crippen LogP contribution >= 0.6 is 27.5 Å². The molecule has 0 saturated carbocycles. The normalized spacial score (nSPS) is 10.7. The van der Waals surface area contributed by atoms with E-state index in [4.69, 9.17) is 11.6 Å². The third-order valence-electron chi connectivity index (χ3n) is 1.87. The van der Waals surface area contributed by atoms with Crippen LogP contribution in [0.2, 0.25) is 5.02 Å². The second kappa shape index (κ2) is 5.56. The van der Waals surface area contributed by atoms with Gasteiger partial charge in [0.15, 0.2) is 5.78 Å². The van der Waals surface area contributed by atoms with Gasteiger partial charge in [-0.1, -0.05) is 33.6 Å². The average molecular weight is 298 g/mol. The molecule has 1 nitrogen and oxygen atoms in total. The molecule has 0 amide bonds. The number of ketones is 1. The molecule has 15 heavy (non-hydrogen) atoms. The molecule has 1 aromatic rings. The summed E-state index contributed by atoms with van der Waals surface area (Å²) in [6, 6.07) is 3.69. The molecule has 0 atom stereocenters. The highest BCUT2D eigenvalue weighted by Gasteiger charge is 2.13. The van der Waals surface area contributed by atoms with E-state index in [1.54, 1.807) is 0 Å². The summed E-state index contributed by atoms with van der Waals surface area (Å²) in [5.74, 6) is -0.155. The summed E-state index contributed by atoms with van der Waals surface area (Å²) in [4.78, 5) is 11.4. The molecule has 1 aromatic carbocycles. The van der Waals surface area contributed by atoms with Gasteiger partial charge in [0.05, 0.1) is 5.02 Å². The largest absolute Gasteiger partial charge is 0.294 e. The monoisotopic (exact) mass is 296 g/mol. The van der Waals surface area contributed by atoms with Crippen LogP contribution in [0.4, 0.5) is 8.78 Å². The van der Waals surface area contributed by atoms with Crippen molar-refractivity contribution in [2.45, 2.75) is 12.8 Å². The second-order valence-electron chi connectivity index (χ2n) is 2.90. The fourth-order valence-electron chi connectivity index (χ4n) is 1.11. The van der Waals surface area contributed by atoms with E-state index in [0.29, 0.717) is 17.3 Å². The third kappa shape index (κ3) is 3.24. The molecule has 1 rings (SSSR count). The van der Waals surface area contributed by atoms with Crippen molar-refractivity contribution in [3.05, 3.63) is 34.3 Å². The lowest BCUT2D eigenvalue weighted by atomic mass is 10.1. The molecule has 5 heteroatoms. The van der Waals surface area contributed by atoms with Crippen LogP contribution in [0.1, 0.15) is 28.8 Å². The zero-order chi connectivity index (χ0) is 11.4. The van der Waals surface area contributed by atoms with Gasteiger partial charge in [-0.25, -0.2) is 8.78 Å². The summed E-state index contributed by atoms with van der Waals surface area (Å²) in [6.07, 6.45) is -2.27. The number of alkyl halides is 3. The maximum Gasteiger partial charge on any atom is 0.263 e. The Bertz CT molecular complexity index is 368. The Hall–Kier alpha value is -0.480. The molecule has 0 radical (unpaired) electrons. The standard InChI is InChI=1S/C10H8BrClF2O/c11-4-3-9(15)7-2-1-6(10(13)14)5-8(7)12/h1-2,5,10H,3-4H2. The molecule has 0 bridgehead atoms. The zero-order valence-corrected chi connectivity index (χ0v) is 9.99. The van der Waals surface area contributed by atoms with Crippen LogP contribution in [0.25, 0.3) is 0 Å². The van der Waals surface area contributed by atoms with E-state index >= 15 is 0 Å². The van der Waals surface area contributed by atoms with Crippen LogP contribution in [0.15, 0.2) is 18.2 Å². The number of rotatable bonds is 4. The van der Waals surface area contributed by atoms with Crippen LogP contribution < -0.4 is 0 Å². The van der Waals surface area contributed by atoms with Crippen LogP contribution in [0, 0.1) is 0 Å². The van der Waals surface area contributed by atoms with E-state index in [2.05, 4.69) is 15.9 Å². The highest BCUT2D eigenvalue weighted by atomic mass is 79.9. The number of carbonyl (C=O) groups excluding carboxylic acids is 1. The van der Waals surface area contributed by atoms with E-state index < -0.39 is 6.43 Å². The number of carbonyl (C=O) groups is 1. The van der Waals surface area contributed by atoms with Crippen LogP contribution in [0.3, 0.4) is 0 Å². The van der Waals surface area contributed by atoms with E-state index in [-0.39, 0.29) is 16.4 Å². The van der Waals surface area contributed by atoms with Gasteiger partial charge < -0.3 is 0 Å². The maximum absolute atomic E-state index is 12.3. The molecule has 0 saturated heterocycles. The Morgan fingerprint density at radius 3 is 2.60 bits per heavy atom. The van der Waals surface area contributed by atoms with Crippen LogP contribution in [-0.4, -0.2) is 11.1 Å². The minimum atomic E-state index is -2.57. The molecule has 0 aliphatic carbocycles. The Kier molecular flexibility index (Phi) is 4.67. The molecule has 0 aliphatic heterocycles. The van der Waals surface area contributed by atoms with Gasteiger partial charge in [-0.15, -0.1) is 0 Å². The predicted octanol–water partition coefficient (Wildman–Crippen LogP) is 4.25. The Balaban J connectivity index is 2.98. The lowest BCUT2D eigenvalue weighted by molar-refractivity contribution is 0.0989. The first-order valence-corrected chi connectivity index (χ1v) is 5.73. The molecule has 0 N–H and O–H groups in total. The summed E-state index contributed by atoms with van der Waals surface area (Å²) in [7, 11) is 0. The summed E-state index contributed by atoms with van der Waals surface area (Å²) >= 11 is 8.86. The van der Waals surface area contributed by atoms with Gasteiger partial charge in [-0.05, 0) is 12.1 Å². The van der Waals surface area contributed by atoms with Crippen molar-refractivity contribution < 1.29 is 13.6 Å². The fraction of sp³-hybridized carbons (Fsp3) is 0.300. The van der Waals surface area contributed by atoms with Gasteiger partial charge >= 0.3 is 0 Å². The van der Waals surface area contributed by atoms with Crippen molar-refractivity contribution in [1.29, 1.82) is 0 Å². The smallest absolute Gasteiger partial charge is 0.263 e. The van der Waals surface area contributed by atoms with E-state index in [9.17, 15) is 13.6 Å². The lowest BCUT2D eigenvalue weighted by Crippen LogP contribution is -2.01. The van der Waals surface area contributed by atoms with Gasteiger partial charge in [0, 0.05) is 22.9 Å². The van der Waals surface area contributed by atoms with Gasteiger partial charge in [-0.2, -0.15) is 0 Å². The molecule has 0 heterocycles. The van der Waals surface area contributed by atoms with Gasteiger partial charge in [0.1, 0.15) is 0 Å². The number of Topliss-reactive ketones (excluding diaryl/α,β-unsaturated/α-hetero) is 1. The van der Waals surface area contributed by atoms with Crippen molar-refractivity contribution in [3.63, 3.8) is 0 Å². The Morgan fingerprint density at radius 2 is 2.13 bits per heavy atom. The van der Waals surface area contributed by atoms with Gasteiger partial charge in [0.25, 0.3) is 6.43 Å². The Labute approximate surface area is 99.6 Å². The SMILES string of the molecule is O=C(CCBr)c1ccc(C(F)F)cc1Cl. The predicted molar refractivity (Wildman–Crippen MR) is 59.2 cm³/mol. The van der Waals surface area contributed by atoms with Crippen molar-refractivity contribution >= 4 is 33.3 Å². The molecular weight excluding hydrogens is 289 g/mol. The quantitative estimate of drug-likeness (QED) is 0.600. The molecule has 0 spiro atoms. The number of benzene rings is 1. The third-order valence-corrected chi connectivity index (χ3v) is 2.58. The molecule has 82 valence electrons. The summed E-state index contributed by atoms with van der Waals surface area (Å²) in [6.45, 7) is 0. The number of hydrogen-bond acceptors (Lipinski definition) is 1. The van der Waals surface area contributed by atoms with Gasteiger partial charge in [0.2, 0.25) is 0 Å². The average Bonchev–Trinajstić information content (AvgIpc) is 2.17. The van der Waals surface area contributed by atoms with Crippen LogP contribution in [-0.2, 0) is 0 Å².